The number of anilines is 1. The van der Waals surface area contributed by atoms with Crippen molar-refractivity contribution < 1.29 is 4.42 Å². The second-order valence-corrected chi connectivity index (χ2v) is 7.53. The van der Waals surface area contributed by atoms with E-state index in [0.717, 1.165) is 64.6 Å². The third-order valence-corrected chi connectivity index (χ3v) is 5.86. The van der Waals surface area contributed by atoms with Gasteiger partial charge in [-0.2, -0.15) is 0 Å². The van der Waals surface area contributed by atoms with E-state index in [1.807, 2.05) is 18.2 Å². The quantitative estimate of drug-likeness (QED) is 0.558. The van der Waals surface area contributed by atoms with Crippen LogP contribution in [0.3, 0.4) is 0 Å². The van der Waals surface area contributed by atoms with E-state index in [-0.39, 0.29) is 0 Å². The Bertz CT molecular complexity index is 1130. The fraction of sp³-hybridized carbons (Fsp3) is 0.333. The molecule has 5 rings (SSSR count). The molecule has 27 heavy (non-hydrogen) atoms. The summed E-state index contributed by atoms with van der Waals surface area (Å²) in [5.74, 6) is 1.33. The molecule has 1 aromatic carbocycles. The highest BCUT2D eigenvalue weighted by atomic mass is 16.3. The number of hydrogen-bond donors (Lipinski definition) is 2. The molecule has 0 saturated heterocycles. The van der Waals surface area contributed by atoms with Gasteiger partial charge < -0.3 is 20.5 Å². The highest BCUT2D eigenvalue weighted by Crippen LogP contribution is 2.41. The van der Waals surface area contributed by atoms with Crippen molar-refractivity contribution in [1.29, 1.82) is 0 Å². The number of aromatic nitrogens is 3. The van der Waals surface area contributed by atoms with Crippen molar-refractivity contribution in [2.45, 2.75) is 44.7 Å². The Morgan fingerprint density at radius 3 is 2.67 bits per heavy atom. The zero-order valence-electron chi connectivity index (χ0n) is 15.4. The van der Waals surface area contributed by atoms with Crippen LogP contribution in [0, 0.1) is 6.92 Å². The maximum atomic E-state index is 6.28. The van der Waals surface area contributed by atoms with Crippen molar-refractivity contribution in [3.63, 3.8) is 0 Å². The van der Waals surface area contributed by atoms with Crippen LogP contribution in [0.2, 0.25) is 0 Å². The molecule has 0 atom stereocenters. The van der Waals surface area contributed by atoms with Crippen LogP contribution in [0.15, 0.2) is 41.2 Å². The van der Waals surface area contributed by atoms with E-state index in [2.05, 4.69) is 33.7 Å². The maximum Gasteiger partial charge on any atom is 0.146 e. The van der Waals surface area contributed by atoms with Crippen molar-refractivity contribution in [2.75, 3.05) is 5.73 Å². The van der Waals surface area contributed by atoms with Crippen molar-refractivity contribution in [1.82, 2.24) is 14.5 Å². The minimum Gasteiger partial charge on any atom is -0.456 e. The highest BCUT2D eigenvalue weighted by molar-refractivity contribution is 6.02. The summed E-state index contributed by atoms with van der Waals surface area (Å²) in [4.78, 5) is 8.80. The predicted molar refractivity (Wildman–Crippen MR) is 107 cm³/mol. The van der Waals surface area contributed by atoms with Crippen molar-refractivity contribution in [3.05, 3.63) is 42.4 Å². The molecule has 1 saturated carbocycles. The summed E-state index contributed by atoms with van der Waals surface area (Å²) in [5, 5.41) is 1.99. The fourth-order valence-corrected chi connectivity index (χ4v) is 4.37. The Kier molecular flexibility index (Phi) is 3.68. The third kappa shape index (κ3) is 2.51. The molecule has 6 heteroatoms. The summed E-state index contributed by atoms with van der Waals surface area (Å²) in [6.45, 7) is 2.09. The summed E-state index contributed by atoms with van der Waals surface area (Å²) < 4.78 is 8.47. The van der Waals surface area contributed by atoms with Gasteiger partial charge in [0.2, 0.25) is 0 Å². The number of nitrogens with zero attached hydrogens (tertiary/aromatic N) is 3. The van der Waals surface area contributed by atoms with Crippen LogP contribution < -0.4 is 11.5 Å². The van der Waals surface area contributed by atoms with Gasteiger partial charge in [0.25, 0.3) is 0 Å². The first-order valence-corrected chi connectivity index (χ1v) is 9.48. The standard InChI is InChI=1S/C21H23N5O/c1-12-15-4-2-3-5-17(15)27-19(12)16-10-26(14-8-6-13(22)7-9-14)21-18(16)20(23)24-11-25-21/h2-5,10-11,13-14H,6-9,22H2,1H3,(H2,23,24,25). The molecule has 138 valence electrons. The van der Waals surface area contributed by atoms with Gasteiger partial charge in [0, 0.05) is 34.8 Å². The lowest BCUT2D eigenvalue weighted by Gasteiger charge is -2.27. The number of aryl methyl sites for hydroxylation is 1. The van der Waals surface area contributed by atoms with Gasteiger partial charge in [-0.1, -0.05) is 18.2 Å². The number of rotatable bonds is 2. The number of para-hydroxylation sites is 1. The SMILES string of the molecule is Cc1c(-c2cn(C3CCC(N)CC3)c3ncnc(N)c23)oc2ccccc12. The van der Waals surface area contributed by atoms with E-state index in [9.17, 15) is 0 Å². The molecule has 3 aromatic heterocycles. The van der Waals surface area contributed by atoms with Crippen LogP contribution >= 0.6 is 0 Å². The topological polar surface area (TPSA) is 95.9 Å². The van der Waals surface area contributed by atoms with Gasteiger partial charge in [-0.3, -0.25) is 0 Å². The lowest BCUT2D eigenvalue weighted by atomic mass is 9.92. The second kappa shape index (κ2) is 6.09. The molecule has 0 radical (unpaired) electrons. The average molecular weight is 361 g/mol. The molecule has 0 spiro atoms. The van der Waals surface area contributed by atoms with E-state index in [4.69, 9.17) is 15.9 Å². The number of furan rings is 1. The first-order valence-electron chi connectivity index (χ1n) is 9.48. The minimum atomic E-state index is 0.305. The lowest BCUT2D eigenvalue weighted by molar-refractivity contribution is 0.329. The van der Waals surface area contributed by atoms with Crippen LogP contribution in [0.25, 0.3) is 33.3 Å². The molecular weight excluding hydrogens is 338 g/mol. The first-order chi connectivity index (χ1) is 13.1. The Hall–Kier alpha value is -2.86. The largest absolute Gasteiger partial charge is 0.456 e. The summed E-state index contributed by atoms with van der Waals surface area (Å²) in [7, 11) is 0. The van der Waals surface area contributed by atoms with E-state index in [1.165, 1.54) is 6.33 Å². The Balaban J connectivity index is 1.73. The normalized spacial score (nSPS) is 20.5. The summed E-state index contributed by atoms with van der Waals surface area (Å²) in [6.07, 6.45) is 7.84. The number of nitrogen functional groups attached to an aromatic ring is 1. The number of nitrogens with two attached hydrogens (primary N) is 2. The monoisotopic (exact) mass is 361 g/mol. The van der Waals surface area contributed by atoms with Gasteiger partial charge in [-0.15, -0.1) is 0 Å². The van der Waals surface area contributed by atoms with Crippen molar-refractivity contribution in [3.8, 4) is 11.3 Å². The van der Waals surface area contributed by atoms with Gasteiger partial charge in [0.15, 0.2) is 0 Å². The van der Waals surface area contributed by atoms with E-state index >= 15 is 0 Å². The molecular formula is C21H23N5O. The third-order valence-electron chi connectivity index (χ3n) is 5.86. The average Bonchev–Trinajstić information content (AvgIpc) is 3.22. The van der Waals surface area contributed by atoms with Crippen LogP contribution in [-0.4, -0.2) is 20.6 Å². The fourth-order valence-electron chi connectivity index (χ4n) is 4.37. The smallest absolute Gasteiger partial charge is 0.146 e. The number of hydrogen-bond acceptors (Lipinski definition) is 5. The van der Waals surface area contributed by atoms with E-state index < -0.39 is 0 Å². The Morgan fingerprint density at radius 1 is 1.11 bits per heavy atom. The second-order valence-electron chi connectivity index (χ2n) is 7.53. The molecule has 1 aliphatic carbocycles. The van der Waals surface area contributed by atoms with Crippen molar-refractivity contribution in [2.24, 2.45) is 5.73 Å². The molecule has 0 bridgehead atoms. The van der Waals surface area contributed by atoms with Gasteiger partial charge in [-0.05, 0) is 38.7 Å². The number of fused-ring (bicyclic) bond motifs is 2. The number of benzene rings is 1. The minimum absolute atomic E-state index is 0.305. The summed E-state index contributed by atoms with van der Waals surface area (Å²) >= 11 is 0. The molecule has 1 fully saturated rings. The molecule has 0 unspecified atom stereocenters. The van der Waals surface area contributed by atoms with Crippen LogP contribution in [-0.2, 0) is 0 Å². The Labute approximate surface area is 157 Å². The first kappa shape index (κ1) is 16.3. The molecule has 0 aliphatic heterocycles. The van der Waals surface area contributed by atoms with Gasteiger partial charge in [0.05, 0.1) is 5.39 Å². The molecule has 4 aromatic rings. The van der Waals surface area contributed by atoms with E-state index in [0.29, 0.717) is 17.9 Å². The van der Waals surface area contributed by atoms with Gasteiger partial charge in [0.1, 0.15) is 29.1 Å². The predicted octanol–water partition coefficient (Wildman–Crippen LogP) is 4.18. The molecule has 3 heterocycles. The summed E-state index contributed by atoms with van der Waals surface area (Å²) in [5.41, 5.74) is 16.2. The zero-order valence-corrected chi connectivity index (χ0v) is 15.4. The molecule has 0 amide bonds. The van der Waals surface area contributed by atoms with E-state index in [1.54, 1.807) is 0 Å². The van der Waals surface area contributed by atoms with Crippen LogP contribution in [0.5, 0.6) is 0 Å². The van der Waals surface area contributed by atoms with Crippen LogP contribution in [0.4, 0.5) is 5.82 Å². The molecule has 1 aliphatic rings. The maximum absolute atomic E-state index is 6.28. The molecule has 4 N–H and O–H groups in total. The zero-order chi connectivity index (χ0) is 18.5. The van der Waals surface area contributed by atoms with Gasteiger partial charge in [-0.25, -0.2) is 9.97 Å². The Morgan fingerprint density at radius 2 is 1.89 bits per heavy atom. The van der Waals surface area contributed by atoms with Gasteiger partial charge >= 0.3 is 0 Å². The molecule has 6 nitrogen and oxygen atoms in total. The van der Waals surface area contributed by atoms with Crippen molar-refractivity contribution >= 4 is 27.8 Å². The van der Waals surface area contributed by atoms with Crippen LogP contribution in [0.1, 0.15) is 37.3 Å². The lowest BCUT2D eigenvalue weighted by Crippen LogP contribution is -2.27. The highest BCUT2D eigenvalue weighted by Gasteiger charge is 2.26. The summed E-state index contributed by atoms with van der Waals surface area (Å²) in [6, 6.07) is 8.77.